The monoisotopic (exact) mass is 251 g/mol. The zero-order valence-corrected chi connectivity index (χ0v) is 10.4. The zero-order chi connectivity index (χ0) is 12.8. The van der Waals surface area contributed by atoms with Crippen molar-refractivity contribution in [3.63, 3.8) is 0 Å². The Morgan fingerprint density at radius 2 is 2.28 bits per heavy atom. The van der Waals surface area contributed by atoms with Crippen molar-refractivity contribution in [2.75, 3.05) is 6.61 Å². The molecule has 0 unspecified atom stereocenters. The van der Waals surface area contributed by atoms with Crippen molar-refractivity contribution in [3.8, 4) is 0 Å². The standard InChI is InChI=1S/C11H17N5O2/c1-2-4-11-12-10(14-18-11)8-16-7-9(13-15-16)5-3-6-17/h7,17H,2-6,8H2,1H3. The average molecular weight is 251 g/mol. The van der Waals surface area contributed by atoms with E-state index < -0.39 is 0 Å². The molecule has 0 saturated carbocycles. The molecule has 0 fully saturated rings. The van der Waals surface area contributed by atoms with E-state index in [1.54, 1.807) is 4.68 Å². The molecule has 2 aromatic heterocycles. The van der Waals surface area contributed by atoms with Gasteiger partial charge in [-0.1, -0.05) is 17.3 Å². The van der Waals surface area contributed by atoms with Crippen LogP contribution < -0.4 is 0 Å². The van der Waals surface area contributed by atoms with Crippen LogP contribution in [0.25, 0.3) is 0 Å². The maximum Gasteiger partial charge on any atom is 0.226 e. The molecule has 0 spiro atoms. The fourth-order valence-electron chi connectivity index (χ4n) is 1.61. The summed E-state index contributed by atoms with van der Waals surface area (Å²) in [4.78, 5) is 4.26. The van der Waals surface area contributed by atoms with Gasteiger partial charge in [0, 0.05) is 19.2 Å². The van der Waals surface area contributed by atoms with E-state index in [1.165, 1.54) is 0 Å². The van der Waals surface area contributed by atoms with Crippen molar-refractivity contribution in [2.24, 2.45) is 0 Å². The van der Waals surface area contributed by atoms with Gasteiger partial charge >= 0.3 is 0 Å². The van der Waals surface area contributed by atoms with Crippen LogP contribution in [0.1, 0.15) is 37.2 Å². The minimum atomic E-state index is 0.165. The van der Waals surface area contributed by atoms with Crippen molar-refractivity contribution in [1.29, 1.82) is 0 Å². The number of aliphatic hydroxyl groups is 1. The van der Waals surface area contributed by atoms with Crippen LogP contribution in [0.4, 0.5) is 0 Å². The second-order valence-electron chi connectivity index (χ2n) is 4.09. The normalized spacial score (nSPS) is 11.0. The molecule has 0 saturated heterocycles. The van der Waals surface area contributed by atoms with Gasteiger partial charge in [0.05, 0.1) is 5.69 Å². The number of nitrogens with zero attached hydrogens (tertiary/aromatic N) is 5. The highest BCUT2D eigenvalue weighted by molar-refractivity contribution is 4.94. The van der Waals surface area contributed by atoms with Gasteiger partial charge in [-0.05, 0) is 19.3 Å². The van der Waals surface area contributed by atoms with Gasteiger partial charge in [0.1, 0.15) is 6.54 Å². The number of rotatable bonds is 7. The highest BCUT2D eigenvalue weighted by Crippen LogP contribution is 2.03. The van der Waals surface area contributed by atoms with Crippen LogP contribution in [0.5, 0.6) is 0 Å². The van der Waals surface area contributed by atoms with Crippen LogP contribution in [0, 0.1) is 0 Å². The Kier molecular flexibility index (Phi) is 4.40. The molecule has 0 amide bonds. The van der Waals surface area contributed by atoms with Crippen molar-refractivity contribution in [3.05, 3.63) is 23.6 Å². The zero-order valence-electron chi connectivity index (χ0n) is 10.4. The van der Waals surface area contributed by atoms with E-state index in [2.05, 4.69) is 27.4 Å². The molecule has 98 valence electrons. The lowest BCUT2D eigenvalue weighted by Crippen LogP contribution is -2.02. The SMILES string of the molecule is CCCc1nc(Cn2cc(CCCO)nn2)no1. The summed E-state index contributed by atoms with van der Waals surface area (Å²) in [6.45, 7) is 2.69. The molecule has 2 heterocycles. The number of hydrogen-bond acceptors (Lipinski definition) is 6. The van der Waals surface area contributed by atoms with Gasteiger partial charge < -0.3 is 9.63 Å². The first-order valence-electron chi connectivity index (χ1n) is 6.13. The molecular formula is C11H17N5O2. The lowest BCUT2D eigenvalue weighted by molar-refractivity contribution is 0.288. The molecule has 0 radical (unpaired) electrons. The van der Waals surface area contributed by atoms with Crippen molar-refractivity contribution < 1.29 is 9.63 Å². The third-order valence-corrected chi connectivity index (χ3v) is 2.45. The second-order valence-corrected chi connectivity index (χ2v) is 4.09. The predicted molar refractivity (Wildman–Crippen MR) is 62.8 cm³/mol. The molecule has 0 aromatic carbocycles. The number of aryl methyl sites for hydroxylation is 2. The molecule has 7 heteroatoms. The second kappa shape index (κ2) is 6.25. The molecular weight excluding hydrogens is 234 g/mol. The number of hydrogen-bond donors (Lipinski definition) is 1. The van der Waals surface area contributed by atoms with E-state index in [4.69, 9.17) is 9.63 Å². The minimum absolute atomic E-state index is 0.165. The van der Waals surface area contributed by atoms with Gasteiger partial charge in [0.2, 0.25) is 5.89 Å². The lowest BCUT2D eigenvalue weighted by Gasteiger charge is -1.93. The molecule has 0 atom stereocenters. The third kappa shape index (κ3) is 3.36. The Bertz CT molecular complexity index is 479. The minimum Gasteiger partial charge on any atom is -0.396 e. The van der Waals surface area contributed by atoms with Gasteiger partial charge in [-0.15, -0.1) is 5.10 Å². The molecule has 0 bridgehead atoms. The van der Waals surface area contributed by atoms with Crippen LogP contribution >= 0.6 is 0 Å². The van der Waals surface area contributed by atoms with Crippen molar-refractivity contribution in [1.82, 2.24) is 25.1 Å². The fraction of sp³-hybridized carbons (Fsp3) is 0.636. The summed E-state index contributed by atoms with van der Waals surface area (Å²) in [6.07, 6.45) is 5.04. The quantitative estimate of drug-likeness (QED) is 0.774. The first-order valence-corrected chi connectivity index (χ1v) is 6.13. The Morgan fingerprint density at radius 3 is 3.06 bits per heavy atom. The summed E-state index contributed by atoms with van der Waals surface area (Å²) in [5.74, 6) is 1.27. The van der Waals surface area contributed by atoms with Gasteiger partial charge in [-0.25, -0.2) is 4.68 Å². The Balaban J connectivity index is 1.93. The molecule has 0 aliphatic heterocycles. The molecule has 0 aliphatic rings. The maximum atomic E-state index is 8.74. The summed E-state index contributed by atoms with van der Waals surface area (Å²) in [5, 5.41) is 20.6. The van der Waals surface area contributed by atoms with E-state index in [1.807, 2.05) is 6.20 Å². The first kappa shape index (κ1) is 12.7. The lowest BCUT2D eigenvalue weighted by atomic mass is 10.3. The van der Waals surface area contributed by atoms with Crippen LogP contribution in [-0.4, -0.2) is 36.8 Å². The summed E-state index contributed by atoms with van der Waals surface area (Å²) in [7, 11) is 0. The van der Waals surface area contributed by atoms with Crippen LogP contribution in [0.3, 0.4) is 0 Å². The fourth-order valence-corrected chi connectivity index (χ4v) is 1.61. The van der Waals surface area contributed by atoms with Crippen LogP contribution in [-0.2, 0) is 19.4 Å². The largest absolute Gasteiger partial charge is 0.396 e. The highest BCUT2D eigenvalue weighted by atomic mass is 16.5. The van der Waals surface area contributed by atoms with Gasteiger partial charge in [-0.2, -0.15) is 4.98 Å². The number of aliphatic hydroxyl groups excluding tert-OH is 1. The van der Waals surface area contributed by atoms with Crippen LogP contribution in [0.2, 0.25) is 0 Å². The topological polar surface area (TPSA) is 89.9 Å². The van der Waals surface area contributed by atoms with E-state index in [0.29, 0.717) is 24.7 Å². The summed E-state index contributed by atoms with van der Waals surface area (Å²) >= 11 is 0. The smallest absolute Gasteiger partial charge is 0.226 e. The van der Waals surface area contributed by atoms with E-state index in [-0.39, 0.29) is 6.61 Å². The molecule has 2 rings (SSSR count). The average Bonchev–Trinajstić information content (AvgIpc) is 2.98. The molecule has 2 aromatic rings. The van der Waals surface area contributed by atoms with Gasteiger partial charge in [-0.3, -0.25) is 0 Å². The molecule has 1 N–H and O–H groups in total. The Hall–Kier alpha value is -1.76. The predicted octanol–water partition coefficient (Wildman–Crippen LogP) is 0.587. The van der Waals surface area contributed by atoms with E-state index >= 15 is 0 Å². The maximum absolute atomic E-state index is 8.74. The van der Waals surface area contributed by atoms with Gasteiger partial charge in [0.25, 0.3) is 0 Å². The summed E-state index contributed by atoms with van der Waals surface area (Å²) in [6, 6.07) is 0. The Labute approximate surface area is 105 Å². The highest BCUT2D eigenvalue weighted by Gasteiger charge is 2.07. The van der Waals surface area contributed by atoms with E-state index in [0.717, 1.165) is 25.0 Å². The van der Waals surface area contributed by atoms with Crippen LogP contribution in [0.15, 0.2) is 10.7 Å². The van der Waals surface area contributed by atoms with Crippen molar-refractivity contribution >= 4 is 0 Å². The third-order valence-electron chi connectivity index (χ3n) is 2.45. The summed E-state index contributed by atoms with van der Waals surface area (Å²) < 4.78 is 6.77. The van der Waals surface area contributed by atoms with Gasteiger partial charge in [0.15, 0.2) is 5.82 Å². The summed E-state index contributed by atoms with van der Waals surface area (Å²) in [5.41, 5.74) is 0.862. The van der Waals surface area contributed by atoms with E-state index in [9.17, 15) is 0 Å². The van der Waals surface area contributed by atoms with Crippen molar-refractivity contribution in [2.45, 2.75) is 39.2 Å². The first-order chi connectivity index (χ1) is 8.81. The molecule has 0 aliphatic carbocycles. The Morgan fingerprint density at radius 1 is 1.39 bits per heavy atom. The molecule has 7 nitrogen and oxygen atoms in total. The number of aromatic nitrogens is 5. The molecule has 18 heavy (non-hydrogen) atoms.